The summed E-state index contributed by atoms with van der Waals surface area (Å²) < 4.78 is 11.6. The molecular formula is C16H25NO2. The van der Waals surface area contributed by atoms with Crippen LogP contribution in [0.15, 0.2) is 24.3 Å². The molecule has 0 atom stereocenters. The summed E-state index contributed by atoms with van der Waals surface area (Å²) in [5.74, 6) is 0.948. The summed E-state index contributed by atoms with van der Waals surface area (Å²) in [5, 5.41) is 0. The Bertz CT molecular complexity index is 373. The molecule has 2 rings (SSSR count). The molecule has 19 heavy (non-hydrogen) atoms. The van der Waals surface area contributed by atoms with E-state index in [9.17, 15) is 0 Å². The second-order valence-electron chi connectivity index (χ2n) is 5.43. The van der Waals surface area contributed by atoms with E-state index in [-0.39, 0.29) is 0 Å². The van der Waals surface area contributed by atoms with Crippen molar-refractivity contribution in [3.63, 3.8) is 0 Å². The molecule has 0 heterocycles. The van der Waals surface area contributed by atoms with Gasteiger partial charge in [0.15, 0.2) is 0 Å². The Hall–Kier alpha value is -1.06. The first-order valence-electron chi connectivity index (χ1n) is 7.30. The summed E-state index contributed by atoms with van der Waals surface area (Å²) in [5.41, 5.74) is 7.10. The molecule has 0 bridgehead atoms. The zero-order chi connectivity index (χ0) is 13.5. The van der Waals surface area contributed by atoms with E-state index in [4.69, 9.17) is 15.2 Å². The second kappa shape index (κ2) is 7.51. The molecule has 0 aromatic heterocycles. The molecule has 1 aliphatic carbocycles. The highest BCUT2D eigenvalue weighted by atomic mass is 16.5. The van der Waals surface area contributed by atoms with Crippen LogP contribution in [0.5, 0.6) is 5.75 Å². The lowest BCUT2D eigenvalue weighted by Crippen LogP contribution is -2.30. The van der Waals surface area contributed by atoms with Gasteiger partial charge in [0.05, 0.1) is 19.3 Å². The predicted molar refractivity (Wildman–Crippen MR) is 77.5 cm³/mol. The second-order valence-corrected chi connectivity index (χ2v) is 5.43. The van der Waals surface area contributed by atoms with Gasteiger partial charge in [-0.25, -0.2) is 0 Å². The average Bonchev–Trinajstić information content (AvgIpc) is 2.41. The molecule has 1 fully saturated rings. The van der Waals surface area contributed by atoms with Gasteiger partial charge in [0.1, 0.15) is 5.75 Å². The summed E-state index contributed by atoms with van der Waals surface area (Å²) in [7, 11) is 0. The zero-order valence-corrected chi connectivity index (χ0v) is 11.8. The van der Waals surface area contributed by atoms with Crippen molar-refractivity contribution in [2.75, 3.05) is 13.2 Å². The summed E-state index contributed by atoms with van der Waals surface area (Å²) in [6.07, 6.45) is 5.78. The van der Waals surface area contributed by atoms with Gasteiger partial charge in [-0.2, -0.15) is 0 Å². The van der Waals surface area contributed by atoms with Crippen LogP contribution in [0.4, 0.5) is 0 Å². The number of ether oxygens (including phenoxy) is 2. The minimum Gasteiger partial charge on any atom is -0.493 e. The van der Waals surface area contributed by atoms with Gasteiger partial charge in [-0.15, -0.1) is 0 Å². The molecule has 3 heteroatoms. The minimum atomic E-state index is 0.393. The first kappa shape index (κ1) is 14.4. The zero-order valence-electron chi connectivity index (χ0n) is 11.8. The fourth-order valence-electron chi connectivity index (χ4n) is 2.46. The smallest absolute Gasteiger partial charge is 0.119 e. The first-order valence-corrected chi connectivity index (χ1v) is 7.30. The Morgan fingerprint density at radius 2 is 1.95 bits per heavy atom. The van der Waals surface area contributed by atoms with Crippen molar-refractivity contribution in [3.05, 3.63) is 29.8 Å². The molecule has 0 unspecified atom stereocenters. The topological polar surface area (TPSA) is 44.5 Å². The van der Waals surface area contributed by atoms with Gasteiger partial charge in [-0.1, -0.05) is 12.1 Å². The third-order valence-corrected chi connectivity index (χ3v) is 3.62. The lowest BCUT2D eigenvalue weighted by Gasteiger charge is -2.26. The molecule has 0 aliphatic heterocycles. The van der Waals surface area contributed by atoms with Gasteiger partial charge in [0, 0.05) is 12.5 Å². The largest absolute Gasteiger partial charge is 0.493 e. The number of benzene rings is 1. The molecule has 1 saturated carbocycles. The molecule has 1 aromatic rings. The van der Waals surface area contributed by atoms with Gasteiger partial charge in [-0.3, -0.25) is 0 Å². The molecule has 0 radical (unpaired) electrons. The van der Waals surface area contributed by atoms with Crippen molar-refractivity contribution in [2.24, 2.45) is 5.73 Å². The van der Waals surface area contributed by atoms with Gasteiger partial charge in [0.2, 0.25) is 0 Å². The summed E-state index contributed by atoms with van der Waals surface area (Å²) in [6.45, 7) is 3.57. The fourth-order valence-corrected chi connectivity index (χ4v) is 2.46. The molecular weight excluding hydrogens is 238 g/mol. The number of hydrogen-bond acceptors (Lipinski definition) is 3. The van der Waals surface area contributed by atoms with E-state index >= 15 is 0 Å². The highest BCUT2D eigenvalue weighted by Crippen LogP contribution is 2.20. The standard InChI is InChI=1S/C16H25NO2/c1-13-4-2-5-16(12-13)19-11-3-10-18-15-8-6-14(17)7-9-15/h2,4-5,12,14-15H,3,6-11,17H2,1H3. The number of aryl methyl sites for hydroxylation is 1. The fraction of sp³-hybridized carbons (Fsp3) is 0.625. The lowest BCUT2D eigenvalue weighted by molar-refractivity contribution is 0.0196. The molecule has 106 valence electrons. The quantitative estimate of drug-likeness (QED) is 0.802. The maximum absolute atomic E-state index is 5.87. The van der Waals surface area contributed by atoms with Crippen LogP contribution in [-0.4, -0.2) is 25.4 Å². The molecule has 1 aromatic carbocycles. The maximum Gasteiger partial charge on any atom is 0.119 e. The SMILES string of the molecule is Cc1cccc(OCCCOC2CCC(N)CC2)c1. The van der Waals surface area contributed by atoms with E-state index in [1.165, 1.54) is 5.56 Å². The van der Waals surface area contributed by atoms with Crippen molar-refractivity contribution in [2.45, 2.75) is 51.2 Å². The predicted octanol–water partition coefficient (Wildman–Crippen LogP) is 3.05. The lowest BCUT2D eigenvalue weighted by atomic mass is 9.94. The third-order valence-electron chi connectivity index (χ3n) is 3.62. The normalized spacial score (nSPS) is 23.3. The summed E-state index contributed by atoms with van der Waals surface area (Å²) in [4.78, 5) is 0. The molecule has 1 aliphatic rings. The third kappa shape index (κ3) is 5.21. The Balaban J connectivity index is 1.55. The summed E-state index contributed by atoms with van der Waals surface area (Å²) in [6, 6.07) is 8.54. The summed E-state index contributed by atoms with van der Waals surface area (Å²) >= 11 is 0. The van der Waals surface area contributed by atoms with E-state index in [0.29, 0.717) is 12.1 Å². The monoisotopic (exact) mass is 263 g/mol. The molecule has 0 spiro atoms. The highest BCUT2D eigenvalue weighted by molar-refractivity contribution is 5.27. The van der Waals surface area contributed by atoms with E-state index in [0.717, 1.165) is 51.1 Å². The van der Waals surface area contributed by atoms with Crippen LogP contribution in [0, 0.1) is 6.92 Å². The van der Waals surface area contributed by atoms with Gasteiger partial charge >= 0.3 is 0 Å². The molecule has 2 N–H and O–H groups in total. The van der Waals surface area contributed by atoms with E-state index in [1.54, 1.807) is 0 Å². The first-order chi connectivity index (χ1) is 9.24. The maximum atomic E-state index is 5.87. The molecule has 0 amide bonds. The Kier molecular flexibility index (Phi) is 5.67. The van der Waals surface area contributed by atoms with Crippen molar-refractivity contribution < 1.29 is 9.47 Å². The van der Waals surface area contributed by atoms with Crippen molar-refractivity contribution in [3.8, 4) is 5.75 Å². The Labute approximate surface area is 116 Å². The van der Waals surface area contributed by atoms with Crippen LogP contribution in [-0.2, 0) is 4.74 Å². The number of hydrogen-bond donors (Lipinski definition) is 1. The number of nitrogens with two attached hydrogens (primary N) is 1. The van der Waals surface area contributed by atoms with Crippen LogP contribution in [0.25, 0.3) is 0 Å². The van der Waals surface area contributed by atoms with Crippen LogP contribution in [0.2, 0.25) is 0 Å². The average molecular weight is 263 g/mol. The highest BCUT2D eigenvalue weighted by Gasteiger charge is 2.18. The van der Waals surface area contributed by atoms with Crippen LogP contribution in [0.3, 0.4) is 0 Å². The molecule has 3 nitrogen and oxygen atoms in total. The Morgan fingerprint density at radius 3 is 2.68 bits per heavy atom. The van der Waals surface area contributed by atoms with Crippen molar-refractivity contribution >= 4 is 0 Å². The van der Waals surface area contributed by atoms with Crippen molar-refractivity contribution in [1.82, 2.24) is 0 Å². The molecule has 0 saturated heterocycles. The van der Waals surface area contributed by atoms with Crippen molar-refractivity contribution in [1.29, 1.82) is 0 Å². The van der Waals surface area contributed by atoms with E-state index < -0.39 is 0 Å². The van der Waals surface area contributed by atoms with Gasteiger partial charge in [0.25, 0.3) is 0 Å². The number of rotatable bonds is 6. The van der Waals surface area contributed by atoms with Crippen LogP contribution < -0.4 is 10.5 Å². The minimum absolute atomic E-state index is 0.393. The van der Waals surface area contributed by atoms with Crippen LogP contribution >= 0.6 is 0 Å². The van der Waals surface area contributed by atoms with E-state index in [1.807, 2.05) is 12.1 Å². The van der Waals surface area contributed by atoms with Gasteiger partial charge < -0.3 is 15.2 Å². The van der Waals surface area contributed by atoms with Crippen LogP contribution in [0.1, 0.15) is 37.7 Å². The van der Waals surface area contributed by atoms with E-state index in [2.05, 4.69) is 19.1 Å². The van der Waals surface area contributed by atoms with Gasteiger partial charge in [-0.05, 0) is 50.3 Å². The Morgan fingerprint density at radius 1 is 1.16 bits per heavy atom.